The van der Waals surface area contributed by atoms with E-state index in [4.69, 9.17) is 4.98 Å². The van der Waals surface area contributed by atoms with Crippen LogP contribution < -0.4 is 5.32 Å². The average Bonchev–Trinajstić information content (AvgIpc) is 3.68. The van der Waals surface area contributed by atoms with Gasteiger partial charge in [0, 0.05) is 67.3 Å². The van der Waals surface area contributed by atoms with Gasteiger partial charge in [-0.25, -0.2) is 18.4 Å². The zero-order valence-corrected chi connectivity index (χ0v) is 31.4. The first-order valence-electron chi connectivity index (χ1n) is 18.3. The van der Waals surface area contributed by atoms with E-state index in [1.807, 2.05) is 6.92 Å². The van der Waals surface area contributed by atoms with E-state index in [0.717, 1.165) is 75.9 Å². The number of fused-ring (bicyclic) bond motifs is 4. The van der Waals surface area contributed by atoms with E-state index in [2.05, 4.69) is 59.1 Å². The molecule has 2 aromatic heterocycles. The highest BCUT2D eigenvalue weighted by Crippen LogP contribution is 2.45. The van der Waals surface area contributed by atoms with Gasteiger partial charge in [-0.2, -0.15) is 13.2 Å². The van der Waals surface area contributed by atoms with E-state index in [0.29, 0.717) is 52.3 Å². The predicted molar refractivity (Wildman–Crippen MR) is 197 cm³/mol. The highest BCUT2D eigenvalue weighted by molar-refractivity contribution is 7.91. The van der Waals surface area contributed by atoms with Crippen LogP contribution in [0.25, 0.3) is 16.3 Å². The summed E-state index contributed by atoms with van der Waals surface area (Å²) in [5.74, 6) is 1.68. The SMILES string of the molecule is CCc1nc(NC2CCN(Cc3ccc4c(c3C)C=C(C)C4C[C@H](C)N3C4CCC3CC(S(C)(=O)=O)C4)CC2)c2cc(CC(F)(F)F)sc2n1. The number of likely N-dealkylation sites (tertiary alicyclic amines) is 1. The summed E-state index contributed by atoms with van der Waals surface area (Å²) in [6.07, 6.45) is 5.90. The molecule has 7 nitrogen and oxygen atoms in total. The summed E-state index contributed by atoms with van der Waals surface area (Å²) in [6.45, 7) is 11.6. The lowest BCUT2D eigenvalue weighted by Crippen LogP contribution is -2.50. The first-order chi connectivity index (χ1) is 23.7. The third-order valence-corrected chi connectivity index (χ3v) is 14.5. The maximum atomic E-state index is 13.1. The predicted octanol–water partition coefficient (Wildman–Crippen LogP) is 8.06. The summed E-state index contributed by atoms with van der Waals surface area (Å²) in [6, 6.07) is 7.62. The molecule has 7 rings (SSSR count). The molecule has 3 aromatic rings. The Kier molecular flexibility index (Phi) is 9.88. The molecule has 4 atom stereocenters. The molecule has 0 spiro atoms. The number of piperidine rings is 2. The quantitative estimate of drug-likeness (QED) is 0.226. The van der Waals surface area contributed by atoms with Gasteiger partial charge < -0.3 is 5.32 Å². The second kappa shape index (κ2) is 13.8. The van der Waals surface area contributed by atoms with Crippen molar-refractivity contribution in [1.82, 2.24) is 19.8 Å². The number of nitrogens with one attached hydrogen (secondary N) is 1. The molecular weight excluding hydrogens is 680 g/mol. The molecule has 3 unspecified atom stereocenters. The maximum Gasteiger partial charge on any atom is 0.393 e. The minimum Gasteiger partial charge on any atom is -0.367 e. The third kappa shape index (κ3) is 7.36. The van der Waals surface area contributed by atoms with E-state index in [1.165, 1.54) is 34.1 Å². The van der Waals surface area contributed by atoms with Crippen LogP contribution in [0.1, 0.15) is 105 Å². The third-order valence-electron chi connectivity index (χ3n) is 11.9. The molecule has 3 aliphatic heterocycles. The average molecular weight is 730 g/mol. The molecule has 1 N–H and O–H groups in total. The minimum atomic E-state index is -4.25. The van der Waals surface area contributed by atoms with Crippen LogP contribution >= 0.6 is 11.3 Å². The summed E-state index contributed by atoms with van der Waals surface area (Å²) in [5, 5.41) is 4.08. The molecule has 272 valence electrons. The number of benzene rings is 1. The van der Waals surface area contributed by atoms with Gasteiger partial charge in [-0.15, -0.1) is 11.3 Å². The zero-order valence-electron chi connectivity index (χ0n) is 29.8. The number of rotatable bonds is 10. The van der Waals surface area contributed by atoms with E-state index < -0.39 is 22.4 Å². The lowest BCUT2D eigenvalue weighted by Gasteiger charge is -2.43. The van der Waals surface area contributed by atoms with Crippen molar-refractivity contribution < 1.29 is 21.6 Å². The number of aromatic nitrogens is 2. The zero-order chi connectivity index (χ0) is 35.5. The topological polar surface area (TPSA) is 78.4 Å². The van der Waals surface area contributed by atoms with Crippen LogP contribution in [-0.2, 0) is 29.2 Å². The van der Waals surface area contributed by atoms with Gasteiger partial charge in [0.2, 0.25) is 0 Å². The van der Waals surface area contributed by atoms with E-state index >= 15 is 0 Å². The number of nitrogens with zero attached hydrogens (tertiary/aromatic N) is 4. The molecule has 1 aliphatic carbocycles. The highest BCUT2D eigenvalue weighted by atomic mass is 32.2. The summed E-state index contributed by atoms with van der Waals surface area (Å²) >= 11 is 1.11. The Hall–Kier alpha value is -2.54. The second-order valence-electron chi connectivity index (χ2n) is 15.4. The Bertz CT molecular complexity index is 1870. The van der Waals surface area contributed by atoms with Crippen LogP contribution in [0.4, 0.5) is 19.0 Å². The van der Waals surface area contributed by atoms with Crippen molar-refractivity contribution in [1.29, 1.82) is 0 Å². The number of anilines is 1. The first kappa shape index (κ1) is 35.8. The highest BCUT2D eigenvalue weighted by Gasteiger charge is 2.46. The normalized spacial score (nSPS) is 25.6. The molecule has 50 heavy (non-hydrogen) atoms. The number of allylic oxidation sites excluding steroid dienone is 1. The van der Waals surface area contributed by atoms with Crippen molar-refractivity contribution in [3.63, 3.8) is 0 Å². The van der Waals surface area contributed by atoms with Gasteiger partial charge in [0.1, 0.15) is 26.3 Å². The van der Waals surface area contributed by atoms with Crippen molar-refractivity contribution >= 4 is 43.3 Å². The van der Waals surface area contributed by atoms with Gasteiger partial charge in [0.25, 0.3) is 0 Å². The largest absolute Gasteiger partial charge is 0.393 e. The second-order valence-corrected chi connectivity index (χ2v) is 18.8. The van der Waals surface area contributed by atoms with Crippen LogP contribution in [0.15, 0.2) is 23.8 Å². The van der Waals surface area contributed by atoms with Crippen molar-refractivity contribution in [3.05, 3.63) is 56.7 Å². The Morgan fingerprint density at radius 2 is 1.76 bits per heavy atom. The van der Waals surface area contributed by atoms with Gasteiger partial charge in [0.05, 0.1) is 17.1 Å². The summed E-state index contributed by atoms with van der Waals surface area (Å²) in [7, 11) is -3.00. The fourth-order valence-corrected chi connectivity index (χ4v) is 11.5. The number of hydrogen-bond acceptors (Lipinski definition) is 8. The first-order valence-corrected chi connectivity index (χ1v) is 21.1. The molecular formula is C38H50F3N5O2S2. The van der Waals surface area contributed by atoms with Crippen molar-refractivity contribution in [3.8, 4) is 0 Å². The fraction of sp³-hybridized carbons (Fsp3) is 0.632. The minimum absolute atomic E-state index is 0.187. The molecule has 2 bridgehead atoms. The van der Waals surface area contributed by atoms with E-state index in [9.17, 15) is 21.6 Å². The van der Waals surface area contributed by atoms with Gasteiger partial charge >= 0.3 is 6.18 Å². The molecule has 0 saturated carbocycles. The van der Waals surface area contributed by atoms with Gasteiger partial charge in [-0.1, -0.05) is 30.7 Å². The van der Waals surface area contributed by atoms with Crippen molar-refractivity contribution in [2.24, 2.45) is 0 Å². The molecule has 0 radical (unpaired) electrons. The molecule has 3 fully saturated rings. The van der Waals surface area contributed by atoms with Gasteiger partial charge in [0.15, 0.2) is 0 Å². The Balaban J connectivity index is 0.975. The van der Waals surface area contributed by atoms with Gasteiger partial charge in [-0.05, 0) is 94.0 Å². The van der Waals surface area contributed by atoms with Gasteiger partial charge in [-0.3, -0.25) is 9.80 Å². The lowest BCUT2D eigenvalue weighted by molar-refractivity contribution is -0.126. The molecule has 1 aromatic carbocycles. The van der Waals surface area contributed by atoms with Crippen LogP contribution in [0.5, 0.6) is 0 Å². The molecule has 4 aliphatic rings. The number of hydrogen-bond donors (Lipinski definition) is 1. The van der Waals surface area contributed by atoms with Crippen molar-refractivity contribution in [2.75, 3.05) is 24.7 Å². The van der Waals surface area contributed by atoms with E-state index in [1.54, 1.807) is 6.07 Å². The number of sulfone groups is 1. The van der Waals surface area contributed by atoms with Crippen LogP contribution in [0.2, 0.25) is 0 Å². The maximum absolute atomic E-state index is 13.1. The number of thiophene rings is 1. The summed E-state index contributed by atoms with van der Waals surface area (Å²) < 4.78 is 64.0. The smallest absolute Gasteiger partial charge is 0.367 e. The lowest BCUT2D eigenvalue weighted by atomic mass is 9.87. The van der Waals surface area contributed by atoms with Crippen molar-refractivity contribution in [2.45, 2.75) is 134 Å². The van der Waals surface area contributed by atoms with Crippen LogP contribution in [0.3, 0.4) is 0 Å². The number of aryl methyl sites for hydroxylation is 1. The monoisotopic (exact) mass is 729 g/mol. The van der Waals surface area contributed by atoms with Crippen LogP contribution in [0, 0.1) is 6.92 Å². The number of alkyl halides is 3. The molecule has 5 heterocycles. The standard InChI is InChI=1S/C38H50F3N5O2S2/c1-6-35-43-36(34-19-29(20-38(39,40)41)49-37(34)44-35)42-26-11-13-45(14-12-26)21-25-7-10-31-32(22(2)15-33(31)24(25)4)16-23(3)46-27-8-9-28(46)18-30(17-27)50(5,47)48/h7,10,15,19,23,26-28,30,32H,6,8-9,11-14,16-18,20-21H2,1-5H3,(H,42,43,44)/t23-,27?,28?,30?,32?/m0/s1. The van der Waals surface area contributed by atoms with E-state index in [-0.39, 0.29) is 16.2 Å². The Morgan fingerprint density at radius 1 is 1.06 bits per heavy atom. The summed E-state index contributed by atoms with van der Waals surface area (Å²) in [4.78, 5) is 15.3. The van der Waals surface area contributed by atoms with Crippen LogP contribution in [-0.4, -0.2) is 83.1 Å². The Morgan fingerprint density at radius 3 is 2.40 bits per heavy atom. The number of halogens is 3. The molecule has 0 amide bonds. The molecule has 3 saturated heterocycles. The molecule has 12 heteroatoms. The fourth-order valence-electron chi connectivity index (χ4n) is 9.28. The Labute approximate surface area is 298 Å². The summed E-state index contributed by atoms with van der Waals surface area (Å²) in [5.41, 5.74) is 6.92.